The lowest BCUT2D eigenvalue weighted by Crippen LogP contribution is -2.47. The van der Waals surface area contributed by atoms with Crippen molar-refractivity contribution in [1.82, 2.24) is 0 Å². The standard InChI is InChI=1S/C22H36O3/c1-13(23)17-8-9-18-15-7-5-14-6-10-19(24-3)21(25-4)20(14)16(15)11-12-22(17,18)2/h13-15,17-19,21,23H,5-12H2,1-4H3/t13?,14?,15-,17-,18+,19?,21?,22-/m1/s1. The zero-order valence-electron chi connectivity index (χ0n) is 16.5. The minimum Gasteiger partial charge on any atom is -0.393 e. The number of aliphatic hydroxyl groups is 1. The third-order valence-corrected chi connectivity index (χ3v) is 8.57. The number of hydrogen-bond acceptors (Lipinski definition) is 3. The van der Waals surface area contributed by atoms with E-state index in [1.807, 2.05) is 21.1 Å². The van der Waals surface area contributed by atoms with Gasteiger partial charge in [-0.15, -0.1) is 0 Å². The Morgan fingerprint density at radius 2 is 1.80 bits per heavy atom. The van der Waals surface area contributed by atoms with Crippen LogP contribution in [0, 0.1) is 29.1 Å². The fourth-order valence-corrected chi connectivity index (χ4v) is 7.43. The van der Waals surface area contributed by atoms with Gasteiger partial charge in [-0.25, -0.2) is 0 Å². The molecule has 3 nitrogen and oxygen atoms in total. The maximum absolute atomic E-state index is 10.3. The number of aliphatic hydroxyl groups excluding tert-OH is 1. The summed E-state index contributed by atoms with van der Waals surface area (Å²) in [4.78, 5) is 0. The van der Waals surface area contributed by atoms with Crippen LogP contribution in [0.2, 0.25) is 0 Å². The second-order valence-electron chi connectivity index (χ2n) is 9.41. The molecule has 4 rings (SSSR count). The van der Waals surface area contributed by atoms with Crippen LogP contribution in [0.1, 0.15) is 65.2 Å². The normalized spacial score (nSPS) is 47.9. The van der Waals surface area contributed by atoms with Crippen molar-refractivity contribution in [3.05, 3.63) is 11.1 Å². The van der Waals surface area contributed by atoms with Gasteiger partial charge in [-0.05, 0) is 93.0 Å². The van der Waals surface area contributed by atoms with Crippen LogP contribution < -0.4 is 0 Å². The van der Waals surface area contributed by atoms with Gasteiger partial charge in [0.15, 0.2) is 0 Å². The quantitative estimate of drug-likeness (QED) is 0.771. The lowest BCUT2D eigenvalue weighted by atomic mass is 9.54. The van der Waals surface area contributed by atoms with Crippen LogP contribution in [0.25, 0.3) is 0 Å². The second kappa shape index (κ2) is 6.65. The highest BCUT2D eigenvalue weighted by Crippen LogP contribution is 2.63. The van der Waals surface area contributed by atoms with Gasteiger partial charge in [0.05, 0.1) is 12.2 Å². The molecule has 3 fully saturated rings. The van der Waals surface area contributed by atoms with E-state index in [9.17, 15) is 5.11 Å². The highest BCUT2D eigenvalue weighted by Gasteiger charge is 2.55. The molecule has 1 N–H and O–H groups in total. The zero-order valence-corrected chi connectivity index (χ0v) is 16.5. The summed E-state index contributed by atoms with van der Waals surface area (Å²) in [5.74, 6) is 2.69. The van der Waals surface area contributed by atoms with Crippen molar-refractivity contribution >= 4 is 0 Å². The Morgan fingerprint density at radius 3 is 2.48 bits per heavy atom. The SMILES string of the molecule is COC1CCC2CC[C@@H]3C(=C2C1OC)CC[C@]1(C)[C@@H](C(C)O)CC[C@@H]31. The first-order valence-corrected chi connectivity index (χ1v) is 10.5. The van der Waals surface area contributed by atoms with Crippen molar-refractivity contribution in [2.45, 2.75) is 83.5 Å². The van der Waals surface area contributed by atoms with Crippen LogP contribution in [-0.4, -0.2) is 37.6 Å². The molecule has 0 amide bonds. The summed E-state index contributed by atoms with van der Waals surface area (Å²) in [7, 11) is 3.70. The summed E-state index contributed by atoms with van der Waals surface area (Å²) < 4.78 is 11.8. The van der Waals surface area contributed by atoms with Crippen molar-refractivity contribution in [1.29, 1.82) is 0 Å². The molecule has 0 saturated heterocycles. The molecule has 0 spiro atoms. The molecule has 25 heavy (non-hydrogen) atoms. The minimum absolute atomic E-state index is 0.167. The van der Waals surface area contributed by atoms with Crippen LogP contribution >= 0.6 is 0 Å². The third-order valence-electron chi connectivity index (χ3n) is 8.57. The Kier molecular flexibility index (Phi) is 4.79. The summed E-state index contributed by atoms with van der Waals surface area (Å²) in [6.07, 6.45) is 10.3. The van der Waals surface area contributed by atoms with Gasteiger partial charge in [0, 0.05) is 14.2 Å². The van der Waals surface area contributed by atoms with E-state index < -0.39 is 0 Å². The largest absolute Gasteiger partial charge is 0.393 e. The van der Waals surface area contributed by atoms with E-state index in [0.29, 0.717) is 11.3 Å². The summed E-state index contributed by atoms with van der Waals surface area (Å²) in [6, 6.07) is 0. The highest BCUT2D eigenvalue weighted by atomic mass is 16.5. The predicted molar refractivity (Wildman–Crippen MR) is 99.3 cm³/mol. The van der Waals surface area contributed by atoms with Gasteiger partial charge in [0.25, 0.3) is 0 Å². The third kappa shape index (κ3) is 2.64. The summed E-state index contributed by atoms with van der Waals surface area (Å²) in [5.41, 5.74) is 3.69. The fraction of sp³-hybridized carbons (Fsp3) is 0.909. The second-order valence-corrected chi connectivity index (χ2v) is 9.41. The van der Waals surface area contributed by atoms with E-state index in [1.165, 1.54) is 44.9 Å². The van der Waals surface area contributed by atoms with E-state index >= 15 is 0 Å². The van der Waals surface area contributed by atoms with E-state index in [-0.39, 0.29) is 18.3 Å². The average molecular weight is 349 g/mol. The number of ether oxygens (including phenoxy) is 2. The number of fused-ring (bicyclic) bond motifs is 4. The Balaban J connectivity index is 1.70. The van der Waals surface area contributed by atoms with E-state index in [2.05, 4.69) is 6.92 Å². The maximum atomic E-state index is 10.3. The monoisotopic (exact) mass is 348 g/mol. The summed E-state index contributed by atoms with van der Waals surface area (Å²) >= 11 is 0. The first kappa shape index (κ1) is 18.0. The van der Waals surface area contributed by atoms with Crippen LogP contribution in [-0.2, 0) is 9.47 Å². The van der Waals surface area contributed by atoms with Crippen LogP contribution in [0.5, 0.6) is 0 Å². The lowest BCUT2D eigenvalue weighted by Gasteiger charge is -2.52. The van der Waals surface area contributed by atoms with E-state index in [1.54, 1.807) is 11.1 Å². The van der Waals surface area contributed by atoms with Gasteiger partial charge >= 0.3 is 0 Å². The molecule has 3 saturated carbocycles. The molecular formula is C22H36O3. The van der Waals surface area contributed by atoms with Gasteiger partial charge in [-0.2, -0.15) is 0 Å². The van der Waals surface area contributed by atoms with Crippen molar-refractivity contribution in [2.24, 2.45) is 29.1 Å². The van der Waals surface area contributed by atoms with Crippen molar-refractivity contribution < 1.29 is 14.6 Å². The molecule has 4 aliphatic carbocycles. The number of rotatable bonds is 3. The van der Waals surface area contributed by atoms with Gasteiger partial charge in [-0.3, -0.25) is 0 Å². The predicted octanol–water partition coefficient (Wildman–Crippen LogP) is 4.34. The van der Waals surface area contributed by atoms with Crippen molar-refractivity contribution in [3.8, 4) is 0 Å². The van der Waals surface area contributed by atoms with Gasteiger partial charge < -0.3 is 14.6 Å². The Morgan fingerprint density at radius 1 is 1.04 bits per heavy atom. The molecule has 0 aromatic carbocycles. The zero-order chi connectivity index (χ0) is 17.8. The van der Waals surface area contributed by atoms with Crippen LogP contribution in [0.15, 0.2) is 11.1 Å². The smallest absolute Gasteiger partial charge is 0.105 e. The first-order chi connectivity index (χ1) is 12.0. The maximum Gasteiger partial charge on any atom is 0.105 e. The van der Waals surface area contributed by atoms with Gasteiger partial charge in [-0.1, -0.05) is 12.5 Å². The molecule has 0 aromatic heterocycles. The molecule has 0 aromatic rings. The van der Waals surface area contributed by atoms with Gasteiger partial charge in [0.2, 0.25) is 0 Å². The van der Waals surface area contributed by atoms with Crippen molar-refractivity contribution in [3.63, 3.8) is 0 Å². The topological polar surface area (TPSA) is 38.7 Å². The van der Waals surface area contributed by atoms with Crippen molar-refractivity contribution in [2.75, 3.05) is 14.2 Å². The average Bonchev–Trinajstić information content (AvgIpc) is 2.97. The fourth-order valence-electron chi connectivity index (χ4n) is 7.43. The number of methoxy groups -OCH3 is 2. The molecular weight excluding hydrogens is 312 g/mol. The van der Waals surface area contributed by atoms with E-state index in [0.717, 1.165) is 24.2 Å². The Labute approximate surface area is 153 Å². The Bertz CT molecular complexity index is 539. The highest BCUT2D eigenvalue weighted by molar-refractivity contribution is 5.32. The Hall–Kier alpha value is -0.380. The van der Waals surface area contributed by atoms with E-state index in [4.69, 9.17) is 9.47 Å². The number of allylic oxidation sites excluding steroid dienone is 1. The molecule has 0 aliphatic heterocycles. The molecule has 3 heteroatoms. The molecule has 0 radical (unpaired) electrons. The molecule has 142 valence electrons. The molecule has 4 unspecified atom stereocenters. The first-order valence-electron chi connectivity index (χ1n) is 10.5. The molecule has 8 atom stereocenters. The van der Waals surface area contributed by atoms with Crippen LogP contribution in [0.4, 0.5) is 0 Å². The summed E-state index contributed by atoms with van der Waals surface area (Å²) in [6.45, 7) is 4.48. The van der Waals surface area contributed by atoms with Crippen LogP contribution in [0.3, 0.4) is 0 Å². The molecule has 0 bridgehead atoms. The lowest BCUT2D eigenvalue weighted by molar-refractivity contribution is -0.0492. The summed E-state index contributed by atoms with van der Waals surface area (Å²) in [5, 5.41) is 10.3. The minimum atomic E-state index is -0.167. The molecule has 0 heterocycles. The number of hydrogen-bond donors (Lipinski definition) is 1. The molecule has 4 aliphatic rings. The van der Waals surface area contributed by atoms with Gasteiger partial charge in [0.1, 0.15) is 6.10 Å².